The highest BCUT2D eigenvalue weighted by Gasteiger charge is 2.21. The number of benzene rings is 4. The van der Waals surface area contributed by atoms with Gasteiger partial charge in [0.15, 0.2) is 22.5 Å². The molecule has 4 aromatic carbocycles. The Kier molecular flexibility index (Phi) is 9.55. The molecule has 11 heteroatoms. The summed E-state index contributed by atoms with van der Waals surface area (Å²) in [4.78, 5) is 12.7. The fraction of sp³-hybridized carbons (Fsp3) is 0.125. The molecule has 0 saturated carbocycles. The van der Waals surface area contributed by atoms with Gasteiger partial charge in [0.2, 0.25) is 5.75 Å². The van der Waals surface area contributed by atoms with Crippen LogP contribution in [0.15, 0.2) is 107 Å². The van der Waals surface area contributed by atoms with Gasteiger partial charge in [0.1, 0.15) is 11.5 Å². The van der Waals surface area contributed by atoms with Crippen molar-refractivity contribution in [2.75, 3.05) is 27.1 Å². The van der Waals surface area contributed by atoms with Gasteiger partial charge in [0.05, 0.1) is 33.3 Å². The summed E-state index contributed by atoms with van der Waals surface area (Å²) in [5, 5.41) is 13.5. The molecular weight excluding hydrogens is 566 g/mol. The highest BCUT2D eigenvalue weighted by Crippen LogP contribution is 2.41. The van der Waals surface area contributed by atoms with Gasteiger partial charge in [-0.05, 0) is 54.1 Å². The Morgan fingerprint density at radius 1 is 0.837 bits per heavy atom. The molecule has 1 aromatic heterocycles. The molecule has 5 rings (SSSR count). The van der Waals surface area contributed by atoms with Gasteiger partial charge in [-0.3, -0.25) is 9.36 Å². The van der Waals surface area contributed by atoms with Crippen LogP contribution in [0.1, 0.15) is 5.56 Å². The summed E-state index contributed by atoms with van der Waals surface area (Å²) in [5.41, 5.74) is 4.88. The number of amides is 1. The number of aromatic nitrogens is 3. The summed E-state index contributed by atoms with van der Waals surface area (Å²) in [7, 11) is 4.66. The van der Waals surface area contributed by atoms with Crippen molar-refractivity contribution >= 4 is 23.9 Å². The third-order valence-corrected chi connectivity index (χ3v) is 7.07. The minimum atomic E-state index is -0.296. The van der Waals surface area contributed by atoms with E-state index in [-0.39, 0.29) is 11.7 Å². The molecule has 0 bridgehead atoms. The summed E-state index contributed by atoms with van der Waals surface area (Å²) in [5.74, 6) is 3.17. The first-order chi connectivity index (χ1) is 21.1. The number of para-hydroxylation sites is 2. The number of methoxy groups -OCH3 is 3. The molecule has 0 fully saturated rings. The van der Waals surface area contributed by atoms with Crippen LogP contribution in [0.25, 0.3) is 17.1 Å². The second kappa shape index (κ2) is 14.1. The SMILES string of the molecule is COc1cc(-c2nnc(SCC(=O)N/N=C\c3cccc(Oc4ccccc4)c3)n2-c2ccccc2)cc(OC)c1OC. The van der Waals surface area contributed by atoms with Gasteiger partial charge in [-0.2, -0.15) is 5.10 Å². The molecule has 5 aromatic rings. The molecule has 0 aliphatic heterocycles. The topological polar surface area (TPSA) is 109 Å². The maximum Gasteiger partial charge on any atom is 0.250 e. The lowest BCUT2D eigenvalue weighted by Gasteiger charge is -2.15. The van der Waals surface area contributed by atoms with E-state index in [2.05, 4.69) is 20.7 Å². The molecule has 218 valence electrons. The molecule has 0 atom stereocenters. The van der Waals surface area contributed by atoms with E-state index in [0.717, 1.165) is 17.0 Å². The van der Waals surface area contributed by atoms with Crippen molar-refractivity contribution in [2.24, 2.45) is 5.10 Å². The molecule has 0 spiro atoms. The van der Waals surface area contributed by atoms with Gasteiger partial charge < -0.3 is 18.9 Å². The highest BCUT2D eigenvalue weighted by molar-refractivity contribution is 7.99. The fourth-order valence-corrected chi connectivity index (χ4v) is 4.94. The average molecular weight is 596 g/mol. The molecular formula is C32H29N5O5S. The molecule has 0 unspecified atom stereocenters. The zero-order chi connectivity index (χ0) is 30.0. The summed E-state index contributed by atoms with van der Waals surface area (Å²) in [6, 6.07) is 30.2. The lowest BCUT2D eigenvalue weighted by molar-refractivity contribution is -0.118. The third kappa shape index (κ3) is 7.14. The van der Waals surface area contributed by atoms with E-state index in [1.165, 1.54) is 11.8 Å². The maximum atomic E-state index is 12.7. The molecule has 0 aliphatic carbocycles. The van der Waals surface area contributed by atoms with Gasteiger partial charge in [0.25, 0.3) is 5.91 Å². The summed E-state index contributed by atoms with van der Waals surface area (Å²) >= 11 is 1.24. The minimum absolute atomic E-state index is 0.0642. The van der Waals surface area contributed by atoms with Crippen molar-refractivity contribution < 1.29 is 23.7 Å². The number of carbonyl (C=O) groups is 1. The number of nitrogens with zero attached hydrogens (tertiary/aromatic N) is 4. The standard InChI is InChI=1S/C32H29N5O5S/c1-39-27-18-23(19-28(40-2)30(27)41-3)31-35-36-32(37(31)24-12-6-4-7-13-24)43-21-29(38)34-33-20-22-11-10-16-26(17-22)42-25-14-8-5-9-15-25/h4-20H,21H2,1-3H3,(H,34,38)/b33-20-. The number of hydrogen-bond donors (Lipinski definition) is 1. The Balaban J connectivity index is 1.30. The van der Waals surface area contributed by atoms with Crippen LogP contribution in [0.3, 0.4) is 0 Å². The molecule has 10 nitrogen and oxygen atoms in total. The zero-order valence-corrected chi connectivity index (χ0v) is 24.6. The number of thioether (sulfide) groups is 1. The summed E-state index contributed by atoms with van der Waals surface area (Å²) in [6.07, 6.45) is 1.56. The Morgan fingerprint density at radius 2 is 1.51 bits per heavy atom. The van der Waals surface area contributed by atoms with Crippen LogP contribution in [-0.4, -0.2) is 54.0 Å². The smallest absolute Gasteiger partial charge is 0.250 e. The summed E-state index contributed by atoms with van der Waals surface area (Å²) in [6.45, 7) is 0. The van der Waals surface area contributed by atoms with Crippen molar-refractivity contribution in [3.05, 3.63) is 103 Å². The van der Waals surface area contributed by atoms with Crippen molar-refractivity contribution in [1.82, 2.24) is 20.2 Å². The van der Waals surface area contributed by atoms with Gasteiger partial charge >= 0.3 is 0 Å². The largest absolute Gasteiger partial charge is 0.493 e. The van der Waals surface area contributed by atoms with E-state index in [0.29, 0.717) is 39.5 Å². The van der Waals surface area contributed by atoms with Crippen LogP contribution in [-0.2, 0) is 4.79 Å². The van der Waals surface area contributed by atoms with Crippen LogP contribution in [0, 0.1) is 0 Å². The number of hydrazone groups is 1. The van der Waals surface area contributed by atoms with Gasteiger partial charge in [0, 0.05) is 11.3 Å². The maximum absolute atomic E-state index is 12.7. The van der Waals surface area contributed by atoms with Crippen molar-refractivity contribution in [2.45, 2.75) is 5.16 Å². The van der Waals surface area contributed by atoms with Crippen molar-refractivity contribution in [3.8, 4) is 45.8 Å². The van der Waals surface area contributed by atoms with E-state index in [4.69, 9.17) is 18.9 Å². The first-order valence-electron chi connectivity index (χ1n) is 13.2. The van der Waals surface area contributed by atoms with Crippen molar-refractivity contribution in [1.29, 1.82) is 0 Å². The number of carbonyl (C=O) groups excluding carboxylic acids is 1. The first kappa shape index (κ1) is 29.2. The Hall–Kier alpha value is -5.29. The van der Waals surface area contributed by atoms with Crippen LogP contribution in [0.4, 0.5) is 0 Å². The number of rotatable bonds is 12. The fourth-order valence-electron chi connectivity index (χ4n) is 4.19. The molecule has 0 saturated heterocycles. The van der Waals surface area contributed by atoms with Gasteiger partial charge in [-0.25, -0.2) is 5.43 Å². The second-order valence-electron chi connectivity index (χ2n) is 8.96. The number of nitrogens with one attached hydrogen (secondary N) is 1. The van der Waals surface area contributed by atoms with Crippen LogP contribution in [0.2, 0.25) is 0 Å². The highest BCUT2D eigenvalue weighted by atomic mass is 32.2. The zero-order valence-electron chi connectivity index (χ0n) is 23.8. The Bertz CT molecular complexity index is 1690. The monoisotopic (exact) mass is 595 g/mol. The van der Waals surface area contributed by atoms with Crippen molar-refractivity contribution in [3.63, 3.8) is 0 Å². The van der Waals surface area contributed by atoms with Crippen LogP contribution in [0.5, 0.6) is 28.7 Å². The van der Waals surface area contributed by atoms with E-state index in [1.807, 2.05) is 89.5 Å². The quantitative estimate of drug-likeness (QED) is 0.106. The van der Waals surface area contributed by atoms with Crippen LogP contribution < -0.4 is 24.4 Å². The lowest BCUT2D eigenvalue weighted by Crippen LogP contribution is -2.20. The molecule has 43 heavy (non-hydrogen) atoms. The van der Waals surface area contributed by atoms with Crippen LogP contribution >= 0.6 is 11.8 Å². The van der Waals surface area contributed by atoms with E-state index >= 15 is 0 Å². The molecule has 0 radical (unpaired) electrons. The number of hydrogen-bond acceptors (Lipinski definition) is 9. The van der Waals surface area contributed by atoms with E-state index in [1.54, 1.807) is 39.7 Å². The third-order valence-electron chi connectivity index (χ3n) is 6.14. The van der Waals surface area contributed by atoms with Gasteiger partial charge in [-0.1, -0.05) is 60.3 Å². The predicted octanol–water partition coefficient (Wildman–Crippen LogP) is 5.99. The van der Waals surface area contributed by atoms with E-state index in [9.17, 15) is 4.79 Å². The summed E-state index contributed by atoms with van der Waals surface area (Å²) < 4.78 is 24.3. The number of ether oxygens (including phenoxy) is 4. The predicted molar refractivity (Wildman–Crippen MR) is 166 cm³/mol. The van der Waals surface area contributed by atoms with Gasteiger partial charge in [-0.15, -0.1) is 10.2 Å². The normalized spacial score (nSPS) is 10.9. The average Bonchev–Trinajstić information content (AvgIpc) is 3.48. The Morgan fingerprint density at radius 3 is 2.19 bits per heavy atom. The minimum Gasteiger partial charge on any atom is -0.493 e. The first-order valence-corrected chi connectivity index (χ1v) is 14.2. The molecule has 1 N–H and O–H groups in total. The molecule has 1 heterocycles. The molecule has 1 amide bonds. The second-order valence-corrected chi connectivity index (χ2v) is 9.90. The van der Waals surface area contributed by atoms with E-state index < -0.39 is 0 Å². The Labute approximate surface area is 253 Å². The lowest BCUT2D eigenvalue weighted by atomic mass is 10.1. The molecule has 0 aliphatic rings.